The highest BCUT2D eigenvalue weighted by molar-refractivity contribution is 8.00. The van der Waals surface area contributed by atoms with Gasteiger partial charge in [0, 0.05) is 5.75 Å². The van der Waals surface area contributed by atoms with Crippen LogP contribution in [0, 0.1) is 0 Å². The zero-order chi connectivity index (χ0) is 19.7. The van der Waals surface area contributed by atoms with Gasteiger partial charge >= 0.3 is 5.97 Å². The Bertz CT molecular complexity index is 808. The van der Waals surface area contributed by atoms with E-state index in [1.165, 1.54) is 40.9 Å². The van der Waals surface area contributed by atoms with Crippen molar-refractivity contribution < 1.29 is 24.6 Å². The number of nitrogens with zero attached hydrogens (tertiary/aromatic N) is 1. The van der Waals surface area contributed by atoms with Gasteiger partial charge in [-0.25, -0.2) is 4.79 Å². The molecular formula is C18H21N3O5S. The van der Waals surface area contributed by atoms with Crippen LogP contribution >= 0.6 is 11.8 Å². The summed E-state index contributed by atoms with van der Waals surface area (Å²) in [4.78, 5) is 37.9. The fourth-order valence-corrected chi connectivity index (χ4v) is 4.64. The molecule has 1 fully saturated rings. The minimum Gasteiger partial charge on any atom is -0.508 e. The molecule has 2 aliphatic rings. The average Bonchev–Trinajstić information content (AvgIpc) is 2.65. The lowest BCUT2D eigenvalue weighted by Crippen LogP contribution is -2.71. The van der Waals surface area contributed by atoms with E-state index in [1.54, 1.807) is 0 Å². The zero-order valence-corrected chi connectivity index (χ0v) is 15.5. The fourth-order valence-electron chi connectivity index (χ4n) is 3.25. The Morgan fingerprint density at radius 1 is 1.37 bits per heavy atom. The van der Waals surface area contributed by atoms with E-state index in [2.05, 4.69) is 5.32 Å². The van der Waals surface area contributed by atoms with Crippen molar-refractivity contribution in [2.75, 3.05) is 5.75 Å². The number of fused-ring (bicyclic) bond motifs is 1. The summed E-state index contributed by atoms with van der Waals surface area (Å²) in [7, 11) is 0. The van der Waals surface area contributed by atoms with Gasteiger partial charge in [-0.2, -0.15) is 0 Å². The Balaban J connectivity index is 1.72. The van der Waals surface area contributed by atoms with Gasteiger partial charge in [-0.05, 0) is 29.7 Å². The van der Waals surface area contributed by atoms with Crippen LogP contribution in [0.1, 0.15) is 31.4 Å². The van der Waals surface area contributed by atoms with Crippen LogP contribution in [0.3, 0.4) is 0 Å². The van der Waals surface area contributed by atoms with Gasteiger partial charge in [-0.3, -0.25) is 14.5 Å². The van der Waals surface area contributed by atoms with E-state index in [0.717, 1.165) is 12.0 Å². The molecule has 1 aromatic carbocycles. The Morgan fingerprint density at radius 2 is 2.04 bits per heavy atom. The van der Waals surface area contributed by atoms with Crippen LogP contribution in [0.25, 0.3) is 0 Å². The van der Waals surface area contributed by atoms with Gasteiger partial charge < -0.3 is 21.3 Å². The first kappa shape index (κ1) is 19.2. The molecule has 3 atom stereocenters. The molecule has 3 rings (SSSR count). The van der Waals surface area contributed by atoms with Crippen molar-refractivity contribution in [1.29, 1.82) is 0 Å². The molecule has 8 nitrogen and oxygen atoms in total. The monoisotopic (exact) mass is 391 g/mol. The molecule has 27 heavy (non-hydrogen) atoms. The van der Waals surface area contributed by atoms with Crippen molar-refractivity contribution >= 4 is 29.5 Å². The quantitative estimate of drug-likeness (QED) is 0.530. The summed E-state index contributed by atoms with van der Waals surface area (Å²) >= 11 is 1.44. The zero-order valence-electron chi connectivity index (χ0n) is 14.7. The predicted molar refractivity (Wildman–Crippen MR) is 99.6 cm³/mol. The third-order valence-electron chi connectivity index (χ3n) is 4.63. The maximum atomic E-state index is 12.5. The Labute approximate surface area is 160 Å². The number of hydrogen-bond donors (Lipinski definition) is 4. The molecule has 2 amide bonds. The van der Waals surface area contributed by atoms with Crippen LogP contribution in [0.5, 0.6) is 5.75 Å². The van der Waals surface area contributed by atoms with Crippen LogP contribution in [-0.4, -0.2) is 50.1 Å². The standard InChI is InChI=1S/C18H21N3O5S/c1-2-3-10-8-27-17-13(16(24)21(17)14(10)18(25)26)20-15(23)12(19)9-4-6-11(22)7-5-9/h4-7,12-13,17,22H,2-3,8,19H2,1H3,(H,20,23)(H,25,26)/t12-,13-,17-/m1/s1. The lowest BCUT2D eigenvalue weighted by atomic mass is 10.00. The average molecular weight is 391 g/mol. The second kappa shape index (κ2) is 7.61. The number of aliphatic carboxylic acids is 1. The fraction of sp³-hybridized carbons (Fsp3) is 0.389. The number of nitrogens with one attached hydrogen (secondary N) is 1. The van der Waals surface area contributed by atoms with Gasteiger partial charge in [0.2, 0.25) is 5.91 Å². The summed E-state index contributed by atoms with van der Waals surface area (Å²) in [5.74, 6) is -1.52. The van der Waals surface area contributed by atoms with Crippen molar-refractivity contribution in [3.8, 4) is 5.75 Å². The number of carbonyl (C=O) groups is 3. The molecule has 1 saturated heterocycles. The van der Waals surface area contributed by atoms with Crippen LogP contribution < -0.4 is 11.1 Å². The first-order valence-corrected chi connectivity index (χ1v) is 9.65. The Kier molecular flexibility index (Phi) is 5.43. The van der Waals surface area contributed by atoms with Crippen molar-refractivity contribution in [1.82, 2.24) is 10.2 Å². The summed E-state index contributed by atoms with van der Waals surface area (Å²) < 4.78 is 0. The third-order valence-corrected chi connectivity index (χ3v) is 5.97. The van der Waals surface area contributed by atoms with E-state index in [9.17, 15) is 24.6 Å². The highest BCUT2D eigenvalue weighted by atomic mass is 32.2. The van der Waals surface area contributed by atoms with Crippen molar-refractivity contribution in [2.24, 2.45) is 5.73 Å². The number of carboxylic acid groups (broad SMARTS) is 1. The number of thioether (sulfide) groups is 1. The van der Waals surface area contributed by atoms with Crippen LogP contribution in [0.15, 0.2) is 35.5 Å². The summed E-state index contributed by atoms with van der Waals surface area (Å²) in [5, 5.41) is 21.0. The summed E-state index contributed by atoms with van der Waals surface area (Å²) in [5.41, 5.74) is 7.22. The highest BCUT2D eigenvalue weighted by Crippen LogP contribution is 2.41. The number of carbonyl (C=O) groups excluding carboxylic acids is 2. The number of rotatable bonds is 6. The van der Waals surface area contributed by atoms with E-state index in [1.807, 2.05) is 6.92 Å². The molecule has 2 heterocycles. The minimum absolute atomic E-state index is 0.0407. The number of carboxylic acids is 1. The van der Waals surface area contributed by atoms with Crippen molar-refractivity contribution in [2.45, 2.75) is 37.2 Å². The lowest BCUT2D eigenvalue weighted by Gasteiger charge is -2.49. The van der Waals surface area contributed by atoms with Gasteiger partial charge in [0.15, 0.2) is 0 Å². The number of aromatic hydroxyl groups is 1. The topological polar surface area (TPSA) is 133 Å². The van der Waals surface area contributed by atoms with Crippen molar-refractivity contribution in [3.05, 3.63) is 41.1 Å². The maximum Gasteiger partial charge on any atom is 0.352 e. The van der Waals surface area contributed by atoms with Crippen molar-refractivity contribution in [3.63, 3.8) is 0 Å². The van der Waals surface area contributed by atoms with E-state index >= 15 is 0 Å². The van der Waals surface area contributed by atoms with Crippen LogP contribution in [0.2, 0.25) is 0 Å². The van der Waals surface area contributed by atoms with E-state index in [0.29, 0.717) is 17.7 Å². The first-order chi connectivity index (χ1) is 12.8. The molecule has 5 N–H and O–H groups in total. The normalized spacial score (nSPS) is 22.7. The number of benzene rings is 1. The lowest BCUT2D eigenvalue weighted by molar-refractivity contribution is -0.150. The Morgan fingerprint density at radius 3 is 2.63 bits per heavy atom. The summed E-state index contributed by atoms with van der Waals surface area (Å²) in [6.07, 6.45) is 1.41. The largest absolute Gasteiger partial charge is 0.508 e. The third kappa shape index (κ3) is 3.52. The van der Waals surface area contributed by atoms with Crippen LogP contribution in [-0.2, 0) is 14.4 Å². The Hall–Kier alpha value is -2.52. The van der Waals surface area contributed by atoms with E-state index in [4.69, 9.17) is 5.73 Å². The second-order valence-corrected chi connectivity index (χ2v) is 7.58. The molecule has 144 valence electrons. The molecule has 0 aliphatic carbocycles. The summed E-state index contributed by atoms with van der Waals surface area (Å²) in [6.45, 7) is 1.95. The number of hydrogen-bond acceptors (Lipinski definition) is 6. The number of amides is 2. The summed E-state index contributed by atoms with van der Waals surface area (Å²) in [6, 6.07) is 4.12. The van der Waals surface area contributed by atoms with E-state index < -0.39 is 35.2 Å². The van der Waals surface area contributed by atoms with Gasteiger partial charge in [0.05, 0.1) is 0 Å². The molecule has 0 bridgehead atoms. The van der Waals surface area contributed by atoms with Gasteiger partial charge in [0.25, 0.3) is 5.91 Å². The number of nitrogens with two attached hydrogens (primary N) is 1. The van der Waals surface area contributed by atoms with Gasteiger partial charge in [0.1, 0.15) is 28.9 Å². The molecule has 2 aliphatic heterocycles. The molecule has 0 saturated carbocycles. The number of phenols is 1. The number of phenolic OH excluding ortho intramolecular Hbond substituents is 1. The smallest absolute Gasteiger partial charge is 0.352 e. The molecular weight excluding hydrogens is 370 g/mol. The molecule has 0 unspecified atom stereocenters. The maximum absolute atomic E-state index is 12.5. The molecule has 0 aromatic heterocycles. The molecule has 9 heteroatoms. The molecule has 0 spiro atoms. The van der Waals surface area contributed by atoms with E-state index in [-0.39, 0.29) is 11.4 Å². The second-order valence-electron chi connectivity index (χ2n) is 6.47. The molecule has 0 radical (unpaired) electrons. The highest BCUT2D eigenvalue weighted by Gasteiger charge is 2.54. The SMILES string of the molecule is CCCC1=C(C(=O)O)N2C(=O)[C@@H](NC(=O)[C@H](N)c3ccc(O)cc3)[C@H]2SC1. The van der Waals surface area contributed by atoms with Crippen LogP contribution in [0.4, 0.5) is 0 Å². The predicted octanol–water partition coefficient (Wildman–Crippen LogP) is 0.931. The number of β-lactam (4-membered cyclic amide) rings is 1. The first-order valence-electron chi connectivity index (χ1n) is 8.60. The van der Waals surface area contributed by atoms with Gasteiger partial charge in [-0.1, -0.05) is 25.5 Å². The van der Waals surface area contributed by atoms with Gasteiger partial charge in [-0.15, -0.1) is 11.8 Å². The molecule has 1 aromatic rings. The minimum atomic E-state index is -1.12.